The summed E-state index contributed by atoms with van der Waals surface area (Å²) in [4.78, 5) is 44.5. The average molecular weight is 464 g/mol. The highest BCUT2D eigenvalue weighted by atomic mass is 16.6. The molecule has 178 valence electrons. The van der Waals surface area contributed by atoms with E-state index < -0.39 is 23.8 Å². The Bertz CT molecular complexity index is 1240. The van der Waals surface area contributed by atoms with Crippen LogP contribution in [0.2, 0.25) is 0 Å². The van der Waals surface area contributed by atoms with Crippen molar-refractivity contribution in [2.45, 2.75) is 52.3 Å². The van der Waals surface area contributed by atoms with E-state index >= 15 is 0 Å². The molecule has 1 aliphatic rings. The number of ether oxygens (including phenoxy) is 1. The van der Waals surface area contributed by atoms with Gasteiger partial charge in [-0.15, -0.1) is 0 Å². The zero-order chi connectivity index (χ0) is 24.2. The molecule has 0 aliphatic carbocycles. The van der Waals surface area contributed by atoms with Crippen LogP contribution in [-0.2, 0) is 16.1 Å². The lowest BCUT2D eigenvalue weighted by molar-refractivity contribution is -0.126. The first-order valence-corrected chi connectivity index (χ1v) is 11.5. The minimum absolute atomic E-state index is 0.0956. The Morgan fingerprint density at radius 2 is 1.94 bits per heavy atom. The van der Waals surface area contributed by atoms with E-state index in [9.17, 15) is 14.4 Å². The van der Waals surface area contributed by atoms with Gasteiger partial charge in [0.15, 0.2) is 0 Å². The first-order chi connectivity index (χ1) is 16.3. The van der Waals surface area contributed by atoms with Gasteiger partial charge in [-0.05, 0) is 42.9 Å². The van der Waals surface area contributed by atoms with E-state index in [0.29, 0.717) is 30.3 Å². The molecule has 1 saturated heterocycles. The van der Waals surface area contributed by atoms with Crippen molar-refractivity contribution in [3.63, 3.8) is 0 Å². The van der Waals surface area contributed by atoms with Gasteiger partial charge in [-0.1, -0.05) is 56.3 Å². The first-order valence-electron chi connectivity index (χ1n) is 11.5. The molecule has 1 aromatic heterocycles. The van der Waals surface area contributed by atoms with Crippen molar-refractivity contribution >= 4 is 22.9 Å². The molecule has 0 saturated carbocycles. The van der Waals surface area contributed by atoms with Crippen LogP contribution in [0.1, 0.15) is 49.7 Å². The number of fused-ring (bicyclic) bond motifs is 1. The molecule has 3 aromatic rings. The van der Waals surface area contributed by atoms with Gasteiger partial charge in [0.1, 0.15) is 18.7 Å². The molecular weight excluding hydrogens is 434 g/mol. The van der Waals surface area contributed by atoms with Crippen LogP contribution < -0.4 is 10.9 Å². The molecule has 34 heavy (non-hydrogen) atoms. The Hall–Kier alpha value is -3.68. The lowest BCUT2D eigenvalue weighted by Gasteiger charge is -2.27. The largest absolute Gasteiger partial charge is 0.445 e. The van der Waals surface area contributed by atoms with Gasteiger partial charge < -0.3 is 14.5 Å². The van der Waals surface area contributed by atoms with E-state index in [1.165, 1.54) is 4.90 Å². The van der Waals surface area contributed by atoms with Gasteiger partial charge in [0, 0.05) is 6.54 Å². The molecule has 0 unspecified atom stereocenters. The average Bonchev–Trinajstić information content (AvgIpc) is 3.31. The molecular formula is C26H29N3O5. The molecule has 2 aromatic carbocycles. The molecule has 0 radical (unpaired) electrons. The van der Waals surface area contributed by atoms with Gasteiger partial charge in [0.2, 0.25) is 11.8 Å². The number of hydrogen-bond acceptors (Lipinski definition) is 6. The Kier molecular flexibility index (Phi) is 6.95. The molecule has 0 bridgehead atoms. The molecule has 1 fully saturated rings. The second-order valence-electron chi connectivity index (χ2n) is 8.93. The summed E-state index contributed by atoms with van der Waals surface area (Å²) in [6.07, 6.45) is 0.715. The van der Waals surface area contributed by atoms with E-state index in [1.54, 1.807) is 6.07 Å². The summed E-state index contributed by atoms with van der Waals surface area (Å²) in [7, 11) is 0. The Labute approximate surface area is 197 Å². The first kappa shape index (κ1) is 23.5. The van der Waals surface area contributed by atoms with Crippen LogP contribution >= 0.6 is 0 Å². The molecule has 4 rings (SSSR count). The van der Waals surface area contributed by atoms with Crippen LogP contribution in [0.3, 0.4) is 0 Å². The van der Waals surface area contributed by atoms with Crippen molar-refractivity contribution in [1.29, 1.82) is 0 Å². The topological polar surface area (TPSA) is 102 Å². The molecule has 8 heteroatoms. The van der Waals surface area contributed by atoms with Crippen LogP contribution in [0.25, 0.3) is 10.9 Å². The maximum Gasteiger partial charge on any atom is 0.410 e. The Morgan fingerprint density at radius 3 is 2.68 bits per heavy atom. The van der Waals surface area contributed by atoms with Gasteiger partial charge in [-0.25, -0.2) is 14.6 Å². The summed E-state index contributed by atoms with van der Waals surface area (Å²) in [5.41, 5.74) is 1.71. The van der Waals surface area contributed by atoms with Crippen molar-refractivity contribution < 1.29 is 18.7 Å². The number of nitrogens with one attached hydrogen (secondary N) is 1. The van der Waals surface area contributed by atoms with Crippen LogP contribution in [0.5, 0.6) is 0 Å². The predicted molar refractivity (Wildman–Crippen MR) is 127 cm³/mol. The summed E-state index contributed by atoms with van der Waals surface area (Å²) in [5.74, 6) is -0.258. The van der Waals surface area contributed by atoms with E-state index in [2.05, 4.69) is 10.3 Å². The number of aryl methyl sites for hydroxylation is 1. The summed E-state index contributed by atoms with van der Waals surface area (Å²) in [6.45, 7) is 6.24. The SMILES string of the molecule is Cc1cccc2nc([C@H](NC(=O)[C@@H]3CCCN3C(=O)OCc3ccccc3)C(C)C)oc(=O)c12. The fourth-order valence-corrected chi connectivity index (χ4v) is 4.25. The lowest BCUT2D eigenvalue weighted by Crippen LogP contribution is -2.47. The highest BCUT2D eigenvalue weighted by molar-refractivity contribution is 5.86. The van der Waals surface area contributed by atoms with E-state index in [-0.39, 0.29) is 24.3 Å². The van der Waals surface area contributed by atoms with Gasteiger partial charge >= 0.3 is 11.7 Å². The molecule has 1 aliphatic heterocycles. The van der Waals surface area contributed by atoms with Gasteiger partial charge in [-0.2, -0.15) is 0 Å². The summed E-state index contributed by atoms with van der Waals surface area (Å²) >= 11 is 0. The standard InChI is InChI=1S/C26H29N3O5/c1-16(2)22(24-27-19-12-7-9-17(3)21(19)25(31)34-24)28-23(30)20-13-8-14-29(20)26(32)33-15-18-10-5-4-6-11-18/h4-7,9-12,16,20,22H,8,13-15H2,1-3H3,(H,28,30)/t20-,22+/m0/s1. The summed E-state index contributed by atoms with van der Waals surface area (Å²) in [6, 6.07) is 13.5. The second kappa shape index (κ2) is 10.1. The smallest absolute Gasteiger partial charge is 0.410 e. The fraction of sp³-hybridized carbons (Fsp3) is 0.385. The van der Waals surface area contributed by atoms with Crippen LogP contribution in [0.4, 0.5) is 4.79 Å². The maximum absolute atomic E-state index is 13.2. The molecule has 0 spiro atoms. The fourth-order valence-electron chi connectivity index (χ4n) is 4.25. The number of hydrogen-bond donors (Lipinski definition) is 1. The van der Waals surface area contributed by atoms with Crippen molar-refractivity contribution in [2.24, 2.45) is 5.92 Å². The van der Waals surface area contributed by atoms with E-state index in [0.717, 1.165) is 11.1 Å². The lowest BCUT2D eigenvalue weighted by atomic mass is 10.0. The van der Waals surface area contributed by atoms with Gasteiger partial charge in [-0.3, -0.25) is 9.69 Å². The maximum atomic E-state index is 13.2. The van der Waals surface area contributed by atoms with E-state index in [4.69, 9.17) is 9.15 Å². The molecule has 2 atom stereocenters. The molecule has 8 nitrogen and oxygen atoms in total. The summed E-state index contributed by atoms with van der Waals surface area (Å²) < 4.78 is 11.0. The number of rotatable bonds is 6. The van der Waals surface area contributed by atoms with Crippen molar-refractivity contribution in [2.75, 3.05) is 6.54 Å². The highest BCUT2D eigenvalue weighted by Gasteiger charge is 2.37. The molecule has 1 N–H and O–H groups in total. The minimum Gasteiger partial charge on any atom is -0.445 e. The molecule has 2 heterocycles. The number of amides is 2. The third kappa shape index (κ3) is 4.95. The zero-order valence-electron chi connectivity index (χ0n) is 19.6. The van der Waals surface area contributed by atoms with Crippen LogP contribution in [0.15, 0.2) is 57.7 Å². The summed E-state index contributed by atoms with van der Waals surface area (Å²) in [5, 5.41) is 3.39. The van der Waals surface area contributed by atoms with Gasteiger partial charge in [0.25, 0.3) is 0 Å². The Morgan fingerprint density at radius 1 is 1.18 bits per heavy atom. The number of aromatic nitrogens is 1. The number of likely N-dealkylation sites (tertiary alicyclic amines) is 1. The third-order valence-electron chi connectivity index (χ3n) is 6.11. The van der Waals surface area contributed by atoms with Crippen molar-refractivity contribution in [1.82, 2.24) is 15.2 Å². The van der Waals surface area contributed by atoms with Crippen LogP contribution in [0, 0.1) is 12.8 Å². The Balaban J connectivity index is 1.49. The monoisotopic (exact) mass is 463 g/mol. The number of carbonyl (C=O) groups excluding carboxylic acids is 2. The number of nitrogens with zero attached hydrogens (tertiary/aromatic N) is 2. The van der Waals surface area contributed by atoms with E-state index in [1.807, 2.05) is 63.2 Å². The normalized spacial score (nSPS) is 16.6. The predicted octanol–water partition coefficient (Wildman–Crippen LogP) is 4.11. The van der Waals surface area contributed by atoms with Gasteiger partial charge in [0.05, 0.1) is 10.9 Å². The van der Waals surface area contributed by atoms with Crippen LogP contribution in [-0.4, -0.2) is 34.5 Å². The number of carbonyl (C=O) groups is 2. The number of benzene rings is 2. The molecule has 2 amide bonds. The highest BCUT2D eigenvalue weighted by Crippen LogP contribution is 2.25. The van der Waals surface area contributed by atoms with Crippen molar-refractivity contribution in [3.05, 3.63) is 76.0 Å². The second-order valence-corrected chi connectivity index (χ2v) is 8.93. The van der Waals surface area contributed by atoms with Crippen molar-refractivity contribution in [3.8, 4) is 0 Å². The minimum atomic E-state index is -0.654. The zero-order valence-corrected chi connectivity index (χ0v) is 19.6. The third-order valence-corrected chi connectivity index (χ3v) is 6.11. The quantitative estimate of drug-likeness (QED) is 0.590.